The molecule has 0 saturated heterocycles. The van der Waals surface area contributed by atoms with Crippen molar-refractivity contribution >= 4 is 17.7 Å². The van der Waals surface area contributed by atoms with Gasteiger partial charge in [0.15, 0.2) is 0 Å². The van der Waals surface area contributed by atoms with Gasteiger partial charge in [0.25, 0.3) is 0 Å². The standard InChI is InChI=1S/C21H25N5OS/c1-5-25(6-2)20(27)19(17-10-8-7-9-11-17)28-21-22-23-24-26(21)18-13-12-15(3)14-16(18)4/h7-14,19H,5-6H2,1-4H3/t19-/m0/s1. The second-order valence-electron chi connectivity index (χ2n) is 6.58. The molecule has 0 unspecified atom stereocenters. The van der Waals surface area contributed by atoms with Gasteiger partial charge in [0.1, 0.15) is 5.25 Å². The Bertz CT molecular complexity index is 937. The van der Waals surface area contributed by atoms with E-state index in [2.05, 4.69) is 28.5 Å². The van der Waals surface area contributed by atoms with Gasteiger partial charge in [0.05, 0.1) is 5.69 Å². The quantitative estimate of drug-likeness (QED) is 0.566. The number of aryl methyl sites for hydroxylation is 2. The fourth-order valence-corrected chi connectivity index (χ4v) is 4.21. The molecule has 7 heteroatoms. The summed E-state index contributed by atoms with van der Waals surface area (Å²) in [7, 11) is 0. The molecule has 0 spiro atoms. The monoisotopic (exact) mass is 395 g/mol. The van der Waals surface area contributed by atoms with E-state index in [1.807, 2.05) is 68.1 Å². The number of thioether (sulfide) groups is 1. The van der Waals surface area contributed by atoms with Crippen molar-refractivity contribution in [3.63, 3.8) is 0 Å². The van der Waals surface area contributed by atoms with Crippen LogP contribution in [0.15, 0.2) is 53.7 Å². The van der Waals surface area contributed by atoms with E-state index in [1.165, 1.54) is 17.3 Å². The summed E-state index contributed by atoms with van der Waals surface area (Å²) in [4.78, 5) is 15.1. The lowest BCUT2D eigenvalue weighted by Gasteiger charge is -2.24. The number of amides is 1. The highest BCUT2D eigenvalue weighted by atomic mass is 32.2. The highest BCUT2D eigenvalue weighted by Gasteiger charge is 2.28. The molecule has 6 nitrogen and oxygen atoms in total. The van der Waals surface area contributed by atoms with Crippen molar-refractivity contribution in [2.24, 2.45) is 0 Å². The molecular weight excluding hydrogens is 370 g/mol. The lowest BCUT2D eigenvalue weighted by Crippen LogP contribution is -2.34. The number of nitrogens with zero attached hydrogens (tertiary/aromatic N) is 5. The molecule has 1 heterocycles. The lowest BCUT2D eigenvalue weighted by atomic mass is 10.1. The molecule has 0 aliphatic heterocycles. The molecule has 0 N–H and O–H groups in total. The summed E-state index contributed by atoms with van der Waals surface area (Å²) in [5, 5.41) is 12.4. The second kappa shape index (κ2) is 9.01. The minimum Gasteiger partial charge on any atom is -0.342 e. The fraction of sp³-hybridized carbons (Fsp3) is 0.333. The molecule has 3 rings (SSSR count). The normalized spacial score (nSPS) is 12.0. The molecular formula is C21H25N5OS. The minimum absolute atomic E-state index is 0.0661. The van der Waals surface area contributed by atoms with Crippen molar-refractivity contribution in [2.45, 2.75) is 38.1 Å². The topological polar surface area (TPSA) is 63.9 Å². The van der Waals surface area contributed by atoms with Gasteiger partial charge in [-0.2, -0.15) is 4.68 Å². The summed E-state index contributed by atoms with van der Waals surface area (Å²) in [5.74, 6) is 0.0661. The first-order valence-corrected chi connectivity index (χ1v) is 10.3. The molecule has 146 valence electrons. The minimum atomic E-state index is -0.406. The lowest BCUT2D eigenvalue weighted by molar-refractivity contribution is -0.130. The molecule has 0 aliphatic carbocycles. The predicted molar refractivity (Wildman–Crippen MR) is 112 cm³/mol. The van der Waals surface area contributed by atoms with E-state index in [0.29, 0.717) is 18.2 Å². The van der Waals surface area contributed by atoms with Gasteiger partial charge >= 0.3 is 0 Å². The van der Waals surface area contributed by atoms with Gasteiger partial charge in [-0.1, -0.05) is 59.8 Å². The Hall–Kier alpha value is -2.67. The van der Waals surface area contributed by atoms with Crippen LogP contribution < -0.4 is 0 Å². The van der Waals surface area contributed by atoms with Gasteiger partial charge in [-0.25, -0.2) is 0 Å². The van der Waals surface area contributed by atoms with Crippen LogP contribution in [0.4, 0.5) is 0 Å². The van der Waals surface area contributed by atoms with Crippen molar-refractivity contribution in [1.82, 2.24) is 25.1 Å². The average molecular weight is 396 g/mol. The van der Waals surface area contributed by atoms with Gasteiger partial charge < -0.3 is 4.90 Å². The van der Waals surface area contributed by atoms with E-state index in [1.54, 1.807) is 4.68 Å². The average Bonchev–Trinajstić information content (AvgIpc) is 3.15. The highest BCUT2D eigenvalue weighted by molar-refractivity contribution is 8.00. The summed E-state index contributed by atoms with van der Waals surface area (Å²) in [6.45, 7) is 9.42. The Morgan fingerprint density at radius 3 is 2.46 bits per heavy atom. The molecule has 0 saturated carbocycles. The molecule has 28 heavy (non-hydrogen) atoms. The second-order valence-corrected chi connectivity index (χ2v) is 7.65. The van der Waals surface area contributed by atoms with Crippen LogP contribution in [0.5, 0.6) is 0 Å². The summed E-state index contributed by atoms with van der Waals surface area (Å²) in [6, 6.07) is 15.9. The Balaban J connectivity index is 1.99. The molecule has 0 bridgehead atoms. The van der Waals surface area contributed by atoms with Crippen LogP contribution in [0.1, 0.15) is 35.8 Å². The van der Waals surface area contributed by atoms with Crippen LogP contribution in [0, 0.1) is 13.8 Å². The predicted octanol–water partition coefficient (Wildman–Crippen LogP) is 3.98. The number of rotatable bonds is 7. The van der Waals surface area contributed by atoms with E-state index in [9.17, 15) is 4.79 Å². The smallest absolute Gasteiger partial charge is 0.240 e. The number of likely N-dealkylation sites (N-methyl/N-ethyl adjacent to an activating group) is 1. The molecule has 3 aromatic rings. The number of carbonyl (C=O) groups is 1. The molecule has 0 radical (unpaired) electrons. The van der Waals surface area contributed by atoms with E-state index in [-0.39, 0.29) is 5.91 Å². The maximum Gasteiger partial charge on any atom is 0.240 e. The number of carbonyl (C=O) groups excluding carboxylic acids is 1. The van der Waals surface area contributed by atoms with Crippen molar-refractivity contribution in [3.8, 4) is 5.69 Å². The molecule has 2 aromatic carbocycles. The van der Waals surface area contributed by atoms with Crippen LogP contribution in [0.3, 0.4) is 0 Å². The number of hydrogen-bond donors (Lipinski definition) is 0. The Labute approximate surface area is 169 Å². The van der Waals surface area contributed by atoms with Gasteiger partial charge in [-0.15, -0.1) is 5.10 Å². The van der Waals surface area contributed by atoms with Crippen LogP contribution >= 0.6 is 11.8 Å². The molecule has 1 aromatic heterocycles. The fourth-order valence-electron chi connectivity index (χ4n) is 3.14. The first kappa shape index (κ1) is 20.1. The van der Waals surface area contributed by atoms with Crippen LogP contribution in [-0.2, 0) is 4.79 Å². The Kier molecular flexibility index (Phi) is 6.46. The van der Waals surface area contributed by atoms with Crippen molar-refractivity contribution < 1.29 is 4.79 Å². The SMILES string of the molecule is CCN(CC)C(=O)[C@@H](Sc1nnnn1-c1ccc(C)cc1C)c1ccccc1. The number of aromatic nitrogens is 4. The van der Waals surface area contributed by atoms with E-state index in [0.717, 1.165) is 16.8 Å². The molecule has 1 atom stereocenters. The van der Waals surface area contributed by atoms with E-state index >= 15 is 0 Å². The Morgan fingerprint density at radius 2 is 1.82 bits per heavy atom. The highest BCUT2D eigenvalue weighted by Crippen LogP contribution is 2.36. The third-order valence-electron chi connectivity index (χ3n) is 4.65. The zero-order valence-corrected chi connectivity index (χ0v) is 17.5. The summed E-state index contributed by atoms with van der Waals surface area (Å²) >= 11 is 1.39. The largest absolute Gasteiger partial charge is 0.342 e. The van der Waals surface area contributed by atoms with Crippen molar-refractivity contribution in [2.75, 3.05) is 13.1 Å². The van der Waals surface area contributed by atoms with E-state index in [4.69, 9.17) is 0 Å². The number of hydrogen-bond acceptors (Lipinski definition) is 5. The number of tetrazole rings is 1. The van der Waals surface area contributed by atoms with Crippen LogP contribution in [0.2, 0.25) is 0 Å². The van der Waals surface area contributed by atoms with Gasteiger partial charge in [-0.05, 0) is 55.3 Å². The van der Waals surface area contributed by atoms with Crippen LogP contribution in [-0.4, -0.2) is 44.1 Å². The number of benzene rings is 2. The van der Waals surface area contributed by atoms with Crippen LogP contribution in [0.25, 0.3) is 5.69 Å². The zero-order valence-electron chi connectivity index (χ0n) is 16.7. The van der Waals surface area contributed by atoms with Crippen molar-refractivity contribution in [1.29, 1.82) is 0 Å². The van der Waals surface area contributed by atoms with Gasteiger partial charge in [0.2, 0.25) is 11.1 Å². The third-order valence-corrected chi connectivity index (χ3v) is 5.82. The Morgan fingerprint density at radius 1 is 1.11 bits per heavy atom. The zero-order chi connectivity index (χ0) is 20.1. The molecule has 0 aliphatic rings. The maximum absolute atomic E-state index is 13.2. The van der Waals surface area contributed by atoms with Gasteiger partial charge in [-0.3, -0.25) is 4.79 Å². The van der Waals surface area contributed by atoms with E-state index < -0.39 is 5.25 Å². The third kappa shape index (κ3) is 4.25. The first-order valence-electron chi connectivity index (χ1n) is 9.41. The summed E-state index contributed by atoms with van der Waals surface area (Å²) < 4.78 is 1.71. The molecule has 0 fully saturated rings. The maximum atomic E-state index is 13.2. The molecule has 1 amide bonds. The first-order chi connectivity index (χ1) is 13.5. The van der Waals surface area contributed by atoms with Crippen molar-refractivity contribution in [3.05, 3.63) is 65.2 Å². The summed E-state index contributed by atoms with van der Waals surface area (Å²) in [6.07, 6.45) is 0. The summed E-state index contributed by atoms with van der Waals surface area (Å²) in [5.41, 5.74) is 4.13. The van der Waals surface area contributed by atoms with Gasteiger partial charge in [0, 0.05) is 13.1 Å².